The maximum atomic E-state index is 8.77. The van der Waals surface area contributed by atoms with Gasteiger partial charge in [0, 0.05) is 6.42 Å². The van der Waals surface area contributed by atoms with Crippen LogP contribution in [0.3, 0.4) is 0 Å². The molecule has 0 aromatic rings. The van der Waals surface area contributed by atoms with Crippen LogP contribution in [0.25, 0.3) is 0 Å². The van der Waals surface area contributed by atoms with Gasteiger partial charge in [-0.15, -0.1) is 0 Å². The van der Waals surface area contributed by atoms with Crippen molar-refractivity contribution in [3.8, 4) is 0 Å². The molecule has 42 valence electrons. The van der Waals surface area contributed by atoms with Crippen LogP contribution in [0.5, 0.6) is 0 Å². The number of aliphatic hydroxyl groups is 1. The van der Waals surface area contributed by atoms with Crippen LogP contribution in [-0.2, 0) is 4.74 Å². The molecule has 0 aromatic carbocycles. The lowest BCUT2D eigenvalue weighted by Gasteiger charge is -1.94. The van der Waals surface area contributed by atoms with Gasteiger partial charge in [-0.25, -0.2) is 0 Å². The highest BCUT2D eigenvalue weighted by atomic mass is 16.5. The van der Waals surface area contributed by atoms with Crippen molar-refractivity contribution in [2.75, 3.05) is 6.61 Å². The Morgan fingerprint density at radius 3 is 2.57 bits per heavy atom. The maximum absolute atomic E-state index is 8.77. The van der Waals surface area contributed by atoms with Gasteiger partial charge >= 0.3 is 0 Å². The molecule has 0 aromatic heterocycles. The number of aliphatic hydroxyl groups excluding tert-OH is 1. The first-order valence-corrected chi connectivity index (χ1v) is 2.58. The van der Waals surface area contributed by atoms with Crippen LogP contribution in [0.15, 0.2) is 0 Å². The minimum absolute atomic E-state index is 0.199. The Balaban J connectivity index is 2.26. The number of ether oxygens (including phenoxy) is 1. The highest BCUT2D eigenvalue weighted by molar-refractivity contribution is 4.67. The fraction of sp³-hybridized carbons (Fsp3) is 1.00. The molecule has 1 heterocycles. The molecule has 0 amide bonds. The van der Waals surface area contributed by atoms with E-state index in [9.17, 15) is 0 Å². The summed E-state index contributed by atoms with van der Waals surface area (Å²) >= 11 is 0. The molecule has 1 N–H and O–H groups in total. The number of rotatable bonds is 0. The Kier molecular flexibility index (Phi) is 1.30. The second kappa shape index (κ2) is 1.80. The zero-order chi connectivity index (χ0) is 5.28. The van der Waals surface area contributed by atoms with Crippen molar-refractivity contribution in [3.63, 3.8) is 0 Å². The SMILES string of the molecule is C[C@H]1CC(O)CO1. The van der Waals surface area contributed by atoms with Gasteiger partial charge in [-0.3, -0.25) is 0 Å². The summed E-state index contributed by atoms with van der Waals surface area (Å²) in [6.45, 7) is 2.50. The van der Waals surface area contributed by atoms with E-state index in [2.05, 4.69) is 0 Å². The van der Waals surface area contributed by atoms with E-state index < -0.39 is 0 Å². The first-order valence-electron chi connectivity index (χ1n) is 2.58. The molecule has 2 nitrogen and oxygen atoms in total. The average Bonchev–Trinajstić information content (AvgIpc) is 1.87. The highest BCUT2D eigenvalue weighted by Crippen LogP contribution is 2.10. The van der Waals surface area contributed by atoms with Crippen LogP contribution in [-0.4, -0.2) is 23.9 Å². The van der Waals surface area contributed by atoms with Crippen LogP contribution >= 0.6 is 0 Å². The topological polar surface area (TPSA) is 29.5 Å². The van der Waals surface area contributed by atoms with Gasteiger partial charge in [-0.05, 0) is 6.92 Å². The summed E-state index contributed by atoms with van der Waals surface area (Å²) in [4.78, 5) is 0. The molecule has 0 bridgehead atoms. The van der Waals surface area contributed by atoms with E-state index in [1.807, 2.05) is 6.92 Å². The van der Waals surface area contributed by atoms with Crippen LogP contribution in [0, 0.1) is 0 Å². The lowest BCUT2D eigenvalue weighted by Crippen LogP contribution is -2.03. The molecule has 0 radical (unpaired) electrons. The Hall–Kier alpha value is -0.0800. The molecule has 7 heavy (non-hydrogen) atoms. The van der Waals surface area contributed by atoms with Gasteiger partial charge in [0.05, 0.1) is 18.8 Å². The standard InChI is InChI=1S/C5H10O2/c1-4-2-5(6)3-7-4/h4-6H,2-3H2,1H3/t4-,5?/m0/s1. The zero-order valence-electron chi connectivity index (χ0n) is 4.42. The van der Waals surface area contributed by atoms with Crippen LogP contribution in [0.1, 0.15) is 13.3 Å². The third-order valence-corrected chi connectivity index (χ3v) is 1.18. The van der Waals surface area contributed by atoms with Gasteiger partial charge in [-0.1, -0.05) is 0 Å². The normalized spacial score (nSPS) is 42.0. The first kappa shape index (κ1) is 5.06. The van der Waals surface area contributed by atoms with E-state index in [-0.39, 0.29) is 12.2 Å². The van der Waals surface area contributed by atoms with Gasteiger partial charge in [0.15, 0.2) is 0 Å². The van der Waals surface area contributed by atoms with Crippen molar-refractivity contribution in [1.29, 1.82) is 0 Å². The minimum Gasteiger partial charge on any atom is -0.391 e. The summed E-state index contributed by atoms with van der Waals surface area (Å²) in [6, 6.07) is 0. The van der Waals surface area contributed by atoms with Gasteiger partial charge in [0.25, 0.3) is 0 Å². The molecule has 1 saturated heterocycles. The first-order chi connectivity index (χ1) is 3.29. The van der Waals surface area contributed by atoms with E-state index in [4.69, 9.17) is 9.84 Å². The third-order valence-electron chi connectivity index (χ3n) is 1.18. The molecule has 0 saturated carbocycles. The lowest BCUT2D eigenvalue weighted by atomic mass is 10.2. The minimum atomic E-state index is -0.199. The summed E-state index contributed by atoms with van der Waals surface area (Å²) in [7, 11) is 0. The van der Waals surface area contributed by atoms with Gasteiger partial charge in [0.1, 0.15) is 0 Å². The van der Waals surface area contributed by atoms with E-state index in [0.29, 0.717) is 6.61 Å². The summed E-state index contributed by atoms with van der Waals surface area (Å²) in [6.07, 6.45) is 0.880. The Morgan fingerprint density at radius 2 is 2.43 bits per heavy atom. The molecule has 2 atom stereocenters. The summed E-state index contributed by atoms with van der Waals surface area (Å²) in [5.41, 5.74) is 0. The van der Waals surface area contributed by atoms with Crippen LogP contribution < -0.4 is 0 Å². The molecule has 1 aliphatic rings. The fourth-order valence-electron chi connectivity index (χ4n) is 0.795. The van der Waals surface area contributed by atoms with E-state index >= 15 is 0 Å². The maximum Gasteiger partial charge on any atom is 0.0798 e. The molecule has 1 fully saturated rings. The van der Waals surface area contributed by atoms with E-state index in [1.165, 1.54) is 0 Å². The monoisotopic (exact) mass is 102 g/mol. The molecule has 1 unspecified atom stereocenters. The van der Waals surface area contributed by atoms with Crippen molar-refractivity contribution < 1.29 is 9.84 Å². The van der Waals surface area contributed by atoms with Gasteiger partial charge in [0.2, 0.25) is 0 Å². The second-order valence-corrected chi connectivity index (χ2v) is 2.03. The summed E-state index contributed by atoms with van der Waals surface area (Å²) in [5.74, 6) is 0. The van der Waals surface area contributed by atoms with Crippen LogP contribution in [0.2, 0.25) is 0 Å². The fourth-order valence-corrected chi connectivity index (χ4v) is 0.795. The van der Waals surface area contributed by atoms with E-state index in [1.54, 1.807) is 0 Å². The molecule has 2 heteroatoms. The molecule has 0 aliphatic carbocycles. The highest BCUT2D eigenvalue weighted by Gasteiger charge is 2.18. The van der Waals surface area contributed by atoms with E-state index in [0.717, 1.165) is 6.42 Å². The largest absolute Gasteiger partial charge is 0.391 e. The van der Waals surface area contributed by atoms with Gasteiger partial charge in [-0.2, -0.15) is 0 Å². The lowest BCUT2D eigenvalue weighted by molar-refractivity contribution is 0.0971. The molecular formula is C5H10O2. The predicted octanol–water partition coefficient (Wildman–Crippen LogP) is 0.156. The smallest absolute Gasteiger partial charge is 0.0798 e. The molecule has 0 spiro atoms. The van der Waals surface area contributed by atoms with Crippen molar-refractivity contribution in [3.05, 3.63) is 0 Å². The Bertz CT molecular complexity index is 55.1. The number of hydrogen-bond donors (Lipinski definition) is 1. The van der Waals surface area contributed by atoms with Gasteiger partial charge < -0.3 is 9.84 Å². The zero-order valence-corrected chi connectivity index (χ0v) is 4.42. The number of hydrogen-bond acceptors (Lipinski definition) is 2. The Morgan fingerprint density at radius 1 is 1.71 bits per heavy atom. The quantitative estimate of drug-likeness (QED) is 0.472. The Labute approximate surface area is 43.1 Å². The van der Waals surface area contributed by atoms with Crippen molar-refractivity contribution in [2.24, 2.45) is 0 Å². The molecule has 1 aliphatic heterocycles. The molecular weight excluding hydrogens is 92.1 g/mol. The van der Waals surface area contributed by atoms with Crippen molar-refractivity contribution in [2.45, 2.75) is 25.6 Å². The summed E-state index contributed by atoms with van der Waals surface area (Å²) in [5, 5.41) is 8.77. The second-order valence-electron chi connectivity index (χ2n) is 2.03. The summed E-state index contributed by atoms with van der Waals surface area (Å²) < 4.78 is 5.02. The predicted molar refractivity (Wildman–Crippen MR) is 26.0 cm³/mol. The van der Waals surface area contributed by atoms with Crippen LogP contribution in [0.4, 0.5) is 0 Å². The average molecular weight is 102 g/mol. The van der Waals surface area contributed by atoms with Crippen molar-refractivity contribution >= 4 is 0 Å². The molecule has 1 rings (SSSR count). The third kappa shape index (κ3) is 1.14. The van der Waals surface area contributed by atoms with Crippen molar-refractivity contribution in [1.82, 2.24) is 0 Å².